The van der Waals surface area contributed by atoms with Crippen LogP contribution in [0.2, 0.25) is 5.02 Å². The van der Waals surface area contributed by atoms with E-state index in [4.69, 9.17) is 21.1 Å². The molecule has 2 amide bonds. The van der Waals surface area contributed by atoms with Crippen molar-refractivity contribution in [2.45, 2.75) is 12.5 Å². The standard InChI is InChI=1S/C16H16ClFN4O3/c1-24-14-3-2-10(17)6-13(14)21-16(23)22-5-4-12(9-22)25-15-19-7-11(18)8-20-15/h2-3,6-8,12H,4-5,9H2,1H3,(H,21,23)/t12-/m0/s1. The van der Waals surface area contributed by atoms with Crippen molar-refractivity contribution in [3.05, 3.63) is 41.4 Å². The second-order valence-electron chi connectivity index (χ2n) is 5.43. The number of carbonyl (C=O) groups is 1. The predicted octanol–water partition coefficient (Wildman–Crippen LogP) is 2.96. The van der Waals surface area contributed by atoms with E-state index in [1.54, 1.807) is 23.1 Å². The lowest BCUT2D eigenvalue weighted by Crippen LogP contribution is -2.34. The molecule has 1 fully saturated rings. The Balaban J connectivity index is 1.59. The zero-order chi connectivity index (χ0) is 17.8. The number of carbonyl (C=O) groups excluding carboxylic acids is 1. The van der Waals surface area contributed by atoms with Gasteiger partial charge in [0.25, 0.3) is 0 Å². The normalized spacial score (nSPS) is 16.6. The molecule has 3 rings (SSSR count). The topological polar surface area (TPSA) is 76.6 Å². The molecule has 1 aromatic carbocycles. The lowest BCUT2D eigenvalue weighted by molar-refractivity contribution is 0.183. The van der Waals surface area contributed by atoms with Gasteiger partial charge in [0, 0.05) is 18.0 Å². The van der Waals surface area contributed by atoms with Gasteiger partial charge in [0.1, 0.15) is 11.9 Å². The fraction of sp³-hybridized carbons (Fsp3) is 0.312. The lowest BCUT2D eigenvalue weighted by Gasteiger charge is -2.18. The monoisotopic (exact) mass is 366 g/mol. The second-order valence-corrected chi connectivity index (χ2v) is 5.87. The first-order valence-electron chi connectivity index (χ1n) is 7.59. The fourth-order valence-corrected chi connectivity index (χ4v) is 2.66. The number of likely N-dealkylation sites (tertiary alicyclic amines) is 1. The number of aromatic nitrogens is 2. The fourth-order valence-electron chi connectivity index (χ4n) is 2.49. The maximum Gasteiger partial charge on any atom is 0.322 e. The third-order valence-corrected chi connectivity index (χ3v) is 3.94. The lowest BCUT2D eigenvalue weighted by atomic mass is 10.3. The summed E-state index contributed by atoms with van der Waals surface area (Å²) in [6, 6.07) is 4.78. The molecule has 1 aliphatic heterocycles. The maximum absolute atomic E-state index is 12.8. The van der Waals surface area contributed by atoms with Crippen LogP contribution in [0.15, 0.2) is 30.6 Å². The molecule has 2 aromatic rings. The van der Waals surface area contributed by atoms with Crippen LogP contribution in [-0.2, 0) is 0 Å². The van der Waals surface area contributed by atoms with Crippen LogP contribution in [0.1, 0.15) is 6.42 Å². The van der Waals surface area contributed by atoms with E-state index in [0.29, 0.717) is 36.0 Å². The summed E-state index contributed by atoms with van der Waals surface area (Å²) < 4.78 is 23.6. The number of nitrogens with zero attached hydrogens (tertiary/aromatic N) is 3. The molecule has 25 heavy (non-hydrogen) atoms. The Hall–Kier alpha value is -2.61. The number of nitrogens with one attached hydrogen (secondary N) is 1. The van der Waals surface area contributed by atoms with Crippen LogP contribution in [0.3, 0.4) is 0 Å². The van der Waals surface area contributed by atoms with Crippen molar-refractivity contribution < 1.29 is 18.7 Å². The molecular formula is C16H16ClFN4O3. The number of halogens is 2. The van der Waals surface area contributed by atoms with Crippen molar-refractivity contribution in [2.24, 2.45) is 0 Å². The highest BCUT2D eigenvalue weighted by molar-refractivity contribution is 6.31. The van der Waals surface area contributed by atoms with Crippen LogP contribution in [0, 0.1) is 5.82 Å². The van der Waals surface area contributed by atoms with Crippen LogP contribution in [0.4, 0.5) is 14.9 Å². The Morgan fingerprint density at radius 3 is 2.88 bits per heavy atom. The molecular weight excluding hydrogens is 351 g/mol. The van der Waals surface area contributed by atoms with E-state index in [-0.39, 0.29) is 18.1 Å². The molecule has 1 atom stereocenters. The summed E-state index contributed by atoms with van der Waals surface area (Å²) in [6.45, 7) is 0.885. The summed E-state index contributed by atoms with van der Waals surface area (Å²) in [5.41, 5.74) is 0.492. The number of ether oxygens (including phenoxy) is 2. The van der Waals surface area contributed by atoms with Crippen LogP contribution < -0.4 is 14.8 Å². The number of amides is 2. The van der Waals surface area contributed by atoms with Gasteiger partial charge in [-0.25, -0.2) is 19.2 Å². The summed E-state index contributed by atoms with van der Waals surface area (Å²) in [5, 5.41) is 3.27. The molecule has 1 aromatic heterocycles. The Bertz CT molecular complexity index is 760. The molecule has 1 saturated heterocycles. The number of benzene rings is 1. The van der Waals surface area contributed by atoms with E-state index in [2.05, 4.69) is 15.3 Å². The molecule has 0 unspecified atom stereocenters. The van der Waals surface area contributed by atoms with Gasteiger partial charge in [-0.05, 0) is 18.2 Å². The van der Waals surface area contributed by atoms with E-state index < -0.39 is 5.82 Å². The molecule has 2 heterocycles. The average molecular weight is 367 g/mol. The van der Waals surface area contributed by atoms with E-state index in [0.717, 1.165) is 12.4 Å². The van der Waals surface area contributed by atoms with Crippen molar-refractivity contribution in [3.8, 4) is 11.8 Å². The van der Waals surface area contributed by atoms with E-state index >= 15 is 0 Å². The second kappa shape index (κ2) is 7.52. The first-order valence-corrected chi connectivity index (χ1v) is 7.96. The molecule has 7 nitrogen and oxygen atoms in total. The largest absolute Gasteiger partial charge is 0.495 e. The molecule has 0 radical (unpaired) electrons. The van der Waals surface area contributed by atoms with Crippen LogP contribution in [0.5, 0.6) is 11.8 Å². The molecule has 0 saturated carbocycles. The first-order chi connectivity index (χ1) is 12.0. The maximum atomic E-state index is 12.8. The van der Waals surface area contributed by atoms with E-state index in [9.17, 15) is 9.18 Å². The van der Waals surface area contributed by atoms with Crippen molar-refractivity contribution in [3.63, 3.8) is 0 Å². The number of methoxy groups -OCH3 is 1. The SMILES string of the molecule is COc1ccc(Cl)cc1NC(=O)N1CC[C@H](Oc2ncc(F)cn2)C1. The Morgan fingerprint density at radius 2 is 2.16 bits per heavy atom. The molecule has 0 bridgehead atoms. The van der Waals surface area contributed by atoms with Gasteiger partial charge in [-0.3, -0.25) is 0 Å². The Morgan fingerprint density at radius 1 is 1.40 bits per heavy atom. The quantitative estimate of drug-likeness (QED) is 0.900. The van der Waals surface area contributed by atoms with Crippen molar-refractivity contribution >= 4 is 23.3 Å². The average Bonchev–Trinajstić information content (AvgIpc) is 3.06. The third kappa shape index (κ3) is 4.27. The van der Waals surface area contributed by atoms with E-state index in [1.807, 2.05) is 0 Å². The molecule has 9 heteroatoms. The van der Waals surface area contributed by atoms with E-state index in [1.165, 1.54) is 7.11 Å². The van der Waals surface area contributed by atoms with Crippen LogP contribution in [0.25, 0.3) is 0 Å². The van der Waals surface area contributed by atoms with Crippen molar-refractivity contribution in [2.75, 3.05) is 25.5 Å². The zero-order valence-corrected chi connectivity index (χ0v) is 14.2. The number of anilines is 1. The van der Waals surface area contributed by atoms with Gasteiger partial charge >= 0.3 is 12.0 Å². The van der Waals surface area contributed by atoms with Gasteiger partial charge in [0.05, 0.1) is 31.7 Å². The molecule has 0 aliphatic carbocycles. The van der Waals surface area contributed by atoms with Gasteiger partial charge in [0.2, 0.25) is 0 Å². The molecule has 132 valence electrons. The highest BCUT2D eigenvalue weighted by Gasteiger charge is 2.28. The smallest absolute Gasteiger partial charge is 0.322 e. The summed E-state index contributed by atoms with van der Waals surface area (Å²) in [7, 11) is 1.52. The Labute approximate surface area is 148 Å². The van der Waals surface area contributed by atoms with Crippen LogP contribution in [-0.4, -0.2) is 47.2 Å². The van der Waals surface area contributed by atoms with Crippen molar-refractivity contribution in [1.82, 2.24) is 14.9 Å². The third-order valence-electron chi connectivity index (χ3n) is 3.70. The minimum Gasteiger partial charge on any atom is -0.495 e. The summed E-state index contributed by atoms with van der Waals surface area (Å²) in [5.74, 6) is -0.0142. The summed E-state index contributed by atoms with van der Waals surface area (Å²) in [6.07, 6.45) is 2.44. The van der Waals surface area contributed by atoms with Gasteiger partial charge < -0.3 is 19.7 Å². The van der Waals surface area contributed by atoms with Gasteiger partial charge in [-0.2, -0.15) is 0 Å². The predicted molar refractivity (Wildman–Crippen MR) is 89.6 cm³/mol. The summed E-state index contributed by atoms with van der Waals surface area (Å²) in [4.78, 5) is 21.5. The molecule has 0 spiro atoms. The van der Waals surface area contributed by atoms with Gasteiger partial charge in [0.15, 0.2) is 5.82 Å². The number of hydrogen-bond donors (Lipinski definition) is 1. The van der Waals surface area contributed by atoms with Gasteiger partial charge in [-0.15, -0.1) is 0 Å². The number of hydrogen-bond acceptors (Lipinski definition) is 5. The van der Waals surface area contributed by atoms with Crippen LogP contribution >= 0.6 is 11.6 Å². The number of rotatable bonds is 4. The number of urea groups is 1. The van der Waals surface area contributed by atoms with Crippen molar-refractivity contribution in [1.29, 1.82) is 0 Å². The Kier molecular flexibility index (Phi) is 5.18. The first kappa shape index (κ1) is 17.2. The minimum atomic E-state index is -0.532. The summed E-state index contributed by atoms with van der Waals surface area (Å²) >= 11 is 5.96. The highest BCUT2D eigenvalue weighted by atomic mass is 35.5. The zero-order valence-electron chi connectivity index (χ0n) is 13.4. The molecule has 1 aliphatic rings. The molecule has 1 N–H and O–H groups in total. The van der Waals surface area contributed by atoms with Gasteiger partial charge in [-0.1, -0.05) is 11.6 Å². The minimum absolute atomic E-state index is 0.0881. The highest BCUT2D eigenvalue weighted by Crippen LogP contribution is 2.28.